The van der Waals surface area contributed by atoms with Gasteiger partial charge in [0, 0.05) is 43.2 Å². The summed E-state index contributed by atoms with van der Waals surface area (Å²) in [4.78, 5) is 12.5. The summed E-state index contributed by atoms with van der Waals surface area (Å²) >= 11 is 0. The molecule has 1 aromatic rings. The number of carbonyl (C=O) groups excluding carboxylic acids is 1. The van der Waals surface area contributed by atoms with Gasteiger partial charge in [0.15, 0.2) is 5.69 Å². The number of amides is 1. The fourth-order valence-electron chi connectivity index (χ4n) is 4.39. The summed E-state index contributed by atoms with van der Waals surface area (Å²) in [6.45, 7) is 4.93. The van der Waals surface area contributed by atoms with Crippen LogP contribution in [0.5, 0.6) is 0 Å². The van der Waals surface area contributed by atoms with Crippen LogP contribution in [-0.2, 0) is 10.2 Å². The van der Waals surface area contributed by atoms with Gasteiger partial charge in [0.05, 0.1) is 0 Å². The lowest BCUT2D eigenvalue weighted by molar-refractivity contribution is 0.0903. The average molecular weight is 411 g/mol. The van der Waals surface area contributed by atoms with Gasteiger partial charge in [-0.3, -0.25) is 4.79 Å². The number of piperidine rings is 2. The van der Waals surface area contributed by atoms with E-state index in [1.807, 2.05) is 13.8 Å². The Morgan fingerprint density at radius 3 is 2.54 bits per heavy atom. The molecule has 3 aliphatic rings. The van der Waals surface area contributed by atoms with Crippen LogP contribution in [0.15, 0.2) is 10.6 Å². The zero-order valence-corrected chi connectivity index (χ0v) is 17.5. The summed E-state index contributed by atoms with van der Waals surface area (Å²) < 4.78 is 34.8. The van der Waals surface area contributed by atoms with Crippen molar-refractivity contribution >= 4 is 16.1 Å². The van der Waals surface area contributed by atoms with Gasteiger partial charge in [-0.25, -0.2) is 0 Å². The predicted octanol–water partition coefficient (Wildman–Crippen LogP) is 2.25. The molecule has 28 heavy (non-hydrogen) atoms. The molecule has 9 heteroatoms. The minimum absolute atomic E-state index is 0.0520. The smallest absolute Gasteiger partial charge is 0.282 e. The minimum atomic E-state index is -3.46. The molecule has 0 aromatic carbocycles. The molecule has 0 bridgehead atoms. The third-order valence-corrected chi connectivity index (χ3v) is 8.50. The third-order valence-electron chi connectivity index (χ3n) is 6.23. The molecule has 0 radical (unpaired) electrons. The molecular formula is C19H30N4O4S. The molecule has 0 spiro atoms. The van der Waals surface area contributed by atoms with Crippen LogP contribution in [0.3, 0.4) is 0 Å². The van der Waals surface area contributed by atoms with Crippen molar-refractivity contribution in [3.8, 4) is 0 Å². The molecule has 2 saturated heterocycles. The molecule has 1 N–H and O–H groups in total. The fraction of sp³-hybridized carbons (Fsp3) is 0.789. The molecule has 2 aliphatic heterocycles. The highest BCUT2D eigenvalue weighted by Gasteiger charge is 2.40. The zero-order valence-electron chi connectivity index (χ0n) is 16.6. The van der Waals surface area contributed by atoms with Crippen LogP contribution < -0.4 is 5.32 Å². The molecule has 1 aromatic heterocycles. The second kappa shape index (κ2) is 7.76. The third kappa shape index (κ3) is 3.97. The SMILES string of the molecule is C[C@H]1CCCCN1S(=O)(=O)N1CC[C@H](NC(=O)c2cc(C3CC3)on2)C[C@@H]1C. The molecule has 1 saturated carbocycles. The Hall–Kier alpha value is -1.45. The molecular weight excluding hydrogens is 380 g/mol. The lowest BCUT2D eigenvalue weighted by Crippen LogP contribution is -2.56. The van der Waals surface area contributed by atoms with Crippen molar-refractivity contribution in [3.63, 3.8) is 0 Å². The van der Waals surface area contributed by atoms with Crippen molar-refractivity contribution in [1.82, 2.24) is 19.1 Å². The van der Waals surface area contributed by atoms with Gasteiger partial charge in [0.1, 0.15) is 5.76 Å². The zero-order chi connectivity index (χ0) is 19.9. The van der Waals surface area contributed by atoms with Crippen LogP contribution in [0, 0.1) is 0 Å². The molecule has 4 rings (SSSR count). The van der Waals surface area contributed by atoms with Gasteiger partial charge in [-0.1, -0.05) is 11.6 Å². The average Bonchev–Trinajstić information content (AvgIpc) is 3.38. The Morgan fingerprint density at radius 1 is 1.11 bits per heavy atom. The predicted molar refractivity (Wildman–Crippen MR) is 104 cm³/mol. The van der Waals surface area contributed by atoms with Crippen LogP contribution >= 0.6 is 0 Å². The maximum absolute atomic E-state index is 13.1. The van der Waals surface area contributed by atoms with Gasteiger partial charge in [-0.15, -0.1) is 0 Å². The Balaban J connectivity index is 1.35. The van der Waals surface area contributed by atoms with E-state index >= 15 is 0 Å². The first-order chi connectivity index (χ1) is 13.4. The quantitative estimate of drug-likeness (QED) is 0.803. The van der Waals surface area contributed by atoms with Gasteiger partial charge in [-0.2, -0.15) is 17.0 Å². The van der Waals surface area contributed by atoms with Gasteiger partial charge < -0.3 is 9.84 Å². The van der Waals surface area contributed by atoms with E-state index in [4.69, 9.17) is 4.52 Å². The number of hydrogen-bond donors (Lipinski definition) is 1. The summed E-state index contributed by atoms with van der Waals surface area (Å²) in [6.07, 6.45) is 6.31. The normalized spacial score (nSPS) is 30.3. The number of hydrogen-bond acceptors (Lipinski definition) is 5. The molecule has 1 aliphatic carbocycles. The van der Waals surface area contributed by atoms with Gasteiger partial charge in [0.2, 0.25) is 0 Å². The van der Waals surface area contributed by atoms with Crippen LogP contribution in [0.4, 0.5) is 0 Å². The molecule has 3 atom stereocenters. The van der Waals surface area contributed by atoms with Crippen LogP contribution in [0.2, 0.25) is 0 Å². The van der Waals surface area contributed by atoms with Crippen molar-refractivity contribution in [2.45, 2.75) is 82.8 Å². The largest absolute Gasteiger partial charge is 0.360 e. The number of rotatable bonds is 5. The molecule has 8 nitrogen and oxygen atoms in total. The lowest BCUT2D eigenvalue weighted by Gasteiger charge is -2.42. The van der Waals surface area contributed by atoms with Gasteiger partial charge in [-0.05, 0) is 52.4 Å². The highest BCUT2D eigenvalue weighted by atomic mass is 32.2. The first kappa shape index (κ1) is 19.8. The Labute approximate surface area is 166 Å². The molecule has 1 amide bonds. The highest BCUT2D eigenvalue weighted by molar-refractivity contribution is 7.86. The van der Waals surface area contributed by atoms with Crippen LogP contribution in [0.25, 0.3) is 0 Å². The summed E-state index contributed by atoms with van der Waals surface area (Å²) in [6, 6.07) is 1.57. The van der Waals surface area contributed by atoms with Crippen molar-refractivity contribution in [2.24, 2.45) is 0 Å². The van der Waals surface area contributed by atoms with Gasteiger partial charge in [0.25, 0.3) is 16.1 Å². The summed E-state index contributed by atoms with van der Waals surface area (Å²) in [7, 11) is -3.46. The van der Waals surface area contributed by atoms with Gasteiger partial charge >= 0.3 is 0 Å². The monoisotopic (exact) mass is 410 g/mol. The molecule has 0 unspecified atom stereocenters. The van der Waals surface area contributed by atoms with E-state index in [1.165, 1.54) is 0 Å². The van der Waals surface area contributed by atoms with E-state index in [0.29, 0.717) is 37.5 Å². The fourth-order valence-corrected chi connectivity index (χ4v) is 6.46. The maximum Gasteiger partial charge on any atom is 0.282 e. The highest BCUT2D eigenvalue weighted by Crippen LogP contribution is 2.40. The second-order valence-corrected chi connectivity index (χ2v) is 10.3. The minimum Gasteiger partial charge on any atom is -0.360 e. The first-order valence-corrected chi connectivity index (χ1v) is 11.8. The van der Waals surface area contributed by atoms with Crippen molar-refractivity contribution in [1.29, 1.82) is 0 Å². The first-order valence-electron chi connectivity index (χ1n) is 10.4. The number of nitrogens with one attached hydrogen (secondary N) is 1. The maximum atomic E-state index is 13.1. The number of carbonyl (C=O) groups is 1. The van der Waals surface area contributed by atoms with Crippen LogP contribution in [-0.4, -0.2) is 59.3 Å². The summed E-state index contributed by atoms with van der Waals surface area (Å²) in [5.74, 6) is 0.962. The van der Waals surface area contributed by atoms with E-state index in [2.05, 4.69) is 10.5 Å². The number of aromatic nitrogens is 1. The number of nitrogens with zero attached hydrogens (tertiary/aromatic N) is 3. The Kier molecular flexibility index (Phi) is 5.50. The van der Waals surface area contributed by atoms with E-state index < -0.39 is 10.2 Å². The molecule has 156 valence electrons. The van der Waals surface area contributed by atoms with E-state index in [9.17, 15) is 13.2 Å². The second-order valence-electron chi connectivity index (χ2n) is 8.51. The van der Waals surface area contributed by atoms with Crippen molar-refractivity contribution in [2.75, 3.05) is 13.1 Å². The topological polar surface area (TPSA) is 95.8 Å². The van der Waals surface area contributed by atoms with E-state index in [0.717, 1.165) is 37.9 Å². The van der Waals surface area contributed by atoms with E-state index in [-0.39, 0.29) is 24.0 Å². The standard InChI is InChI=1S/C19H30N4O4S/c1-13-5-3-4-9-22(13)28(25,26)23-10-8-16(11-14(23)2)20-19(24)17-12-18(27-21-17)15-6-7-15/h12-16H,3-11H2,1-2H3,(H,20,24)/t13-,14-,16-/m0/s1. The van der Waals surface area contributed by atoms with Crippen molar-refractivity contribution < 1.29 is 17.7 Å². The van der Waals surface area contributed by atoms with E-state index in [1.54, 1.807) is 14.7 Å². The van der Waals surface area contributed by atoms with Crippen LogP contribution in [0.1, 0.15) is 81.0 Å². The Morgan fingerprint density at radius 2 is 1.86 bits per heavy atom. The molecule has 3 heterocycles. The van der Waals surface area contributed by atoms with Crippen molar-refractivity contribution in [3.05, 3.63) is 17.5 Å². The Bertz CT molecular complexity index is 820. The molecule has 3 fully saturated rings. The summed E-state index contributed by atoms with van der Waals surface area (Å²) in [5.41, 5.74) is 0.312. The lowest BCUT2D eigenvalue weighted by atomic mass is 10.0. The summed E-state index contributed by atoms with van der Waals surface area (Å²) in [5, 5.41) is 6.89.